The maximum Gasteiger partial charge on any atom is 0.416 e. The molecule has 3 nitrogen and oxygen atoms in total. The second-order valence-electron chi connectivity index (χ2n) is 7.23. The largest absolute Gasteiger partial charge is 0.465 e. The Morgan fingerprint density at radius 1 is 1.26 bits per heavy atom. The van der Waals surface area contributed by atoms with Crippen LogP contribution in [0.1, 0.15) is 46.0 Å². The summed E-state index contributed by atoms with van der Waals surface area (Å²) in [6, 6.07) is 0. The van der Waals surface area contributed by atoms with Crippen LogP contribution in [0.25, 0.3) is 0 Å². The number of carbonyl (C=O) groups is 1. The van der Waals surface area contributed by atoms with Gasteiger partial charge in [0.1, 0.15) is 3.92 Å². The Kier molecular flexibility index (Phi) is 5.91. The second-order valence-corrected chi connectivity index (χ2v) is 8.73. The Hall–Kier alpha value is -0.0500. The first-order valence-corrected chi connectivity index (χ1v) is 9.39. The maximum absolute atomic E-state index is 12.8. The summed E-state index contributed by atoms with van der Waals surface area (Å²) in [6.45, 7) is 3.17. The molecule has 2 aliphatic carbocycles. The number of rotatable bonds is 6. The van der Waals surface area contributed by atoms with E-state index in [1.54, 1.807) is 0 Å². The Morgan fingerprint density at radius 2 is 1.83 bits per heavy atom. The fourth-order valence-electron chi connectivity index (χ4n) is 4.04. The molecule has 6 atom stereocenters. The Balaban J connectivity index is 1.82. The number of alkyl halides is 4. The van der Waals surface area contributed by atoms with Gasteiger partial charge in [-0.2, -0.15) is 13.2 Å². The molecule has 2 bridgehead atoms. The highest BCUT2D eigenvalue weighted by molar-refractivity contribution is 14.1. The van der Waals surface area contributed by atoms with Crippen LogP contribution in [0.15, 0.2) is 0 Å². The predicted molar refractivity (Wildman–Crippen MR) is 88.2 cm³/mol. The Bertz CT molecular complexity index is 439. The molecule has 2 saturated carbocycles. The minimum atomic E-state index is -4.58. The molecule has 2 fully saturated rings. The van der Waals surface area contributed by atoms with Crippen LogP contribution in [0.5, 0.6) is 0 Å². The van der Waals surface area contributed by atoms with Crippen LogP contribution in [-0.4, -0.2) is 33.4 Å². The zero-order chi connectivity index (χ0) is 17.4. The first-order valence-electron chi connectivity index (χ1n) is 8.15. The molecule has 0 amide bonds. The van der Waals surface area contributed by atoms with E-state index in [1.807, 2.05) is 6.92 Å². The molecule has 0 spiro atoms. The van der Waals surface area contributed by atoms with E-state index in [9.17, 15) is 23.1 Å². The van der Waals surface area contributed by atoms with Crippen molar-refractivity contribution < 1.29 is 27.8 Å². The van der Waals surface area contributed by atoms with Crippen LogP contribution >= 0.6 is 22.6 Å². The number of esters is 1. The highest BCUT2D eigenvalue weighted by Crippen LogP contribution is 2.55. The maximum atomic E-state index is 12.8. The first kappa shape index (κ1) is 19.3. The number of carbonyl (C=O) groups excluding carboxylic acids is 1. The molecule has 0 aromatic carbocycles. The molecule has 0 aromatic heterocycles. The van der Waals surface area contributed by atoms with E-state index in [-0.39, 0.29) is 34.1 Å². The van der Waals surface area contributed by atoms with Gasteiger partial charge in [0.15, 0.2) is 5.60 Å². The molecule has 0 aromatic rings. The van der Waals surface area contributed by atoms with Gasteiger partial charge in [0.2, 0.25) is 0 Å². The van der Waals surface area contributed by atoms with Crippen molar-refractivity contribution in [3.8, 4) is 0 Å². The monoisotopic (exact) mass is 448 g/mol. The highest BCUT2D eigenvalue weighted by atomic mass is 127. The summed E-state index contributed by atoms with van der Waals surface area (Å²) >= 11 is 2.06. The SMILES string of the molecule is CCC(I)C(=O)OCC1CC2CC1CC2CC(C)(O)C(F)(F)F. The molecule has 0 saturated heterocycles. The van der Waals surface area contributed by atoms with E-state index in [2.05, 4.69) is 22.6 Å². The summed E-state index contributed by atoms with van der Waals surface area (Å²) in [5.74, 6) is 0.496. The van der Waals surface area contributed by atoms with Gasteiger partial charge in [-0.3, -0.25) is 4.79 Å². The molecular weight excluding hydrogens is 424 g/mol. The minimum Gasteiger partial charge on any atom is -0.465 e. The first-order chi connectivity index (χ1) is 10.5. The molecule has 0 radical (unpaired) electrons. The van der Waals surface area contributed by atoms with Crippen molar-refractivity contribution in [2.75, 3.05) is 6.61 Å². The van der Waals surface area contributed by atoms with Gasteiger partial charge in [0.05, 0.1) is 6.61 Å². The van der Waals surface area contributed by atoms with Crippen molar-refractivity contribution in [1.82, 2.24) is 0 Å². The van der Waals surface area contributed by atoms with Crippen molar-refractivity contribution in [3.63, 3.8) is 0 Å². The lowest BCUT2D eigenvalue weighted by Crippen LogP contribution is -2.44. The topological polar surface area (TPSA) is 46.5 Å². The highest BCUT2D eigenvalue weighted by Gasteiger charge is 2.54. The average Bonchev–Trinajstić information content (AvgIpc) is 3.01. The molecule has 134 valence electrons. The van der Waals surface area contributed by atoms with Gasteiger partial charge in [0.25, 0.3) is 0 Å². The molecule has 2 rings (SSSR count). The van der Waals surface area contributed by atoms with Crippen molar-refractivity contribution >= 4 is 28.6 Å². The third kappa shape index (κ3) is 4.32. The lowest BCUT2D eigenvalue weighted by atomic mass is 9.77. The third-order valence-corrected chi connectivity index (χ3v) is 6.86. The molecule has 2 aliphatic rings. The Morgan fingerprint density at radius 3 is 2.30 bits per heavy atom. The van der Waals surface area contributed by atoms with Crippen LogP contribution in [0.4, 0.5) is 13.2 Å². The van der Waals surface area contributed by atoms with Crippen LogP contribution in [0, 0.1) is 23.7 Å². The summed E-state index contributed by atoms with van der Waals surface area (Å²) in [7, 11) is 0. The van der Waals surface area contributed by atoms with Gasteiger partial charge in [-0.1, -0.05) is 29.5 Å². The average molecular weight is 448 g/mol. The summed E-state index contributed by atoms with van der Waals surface area (Å²) in [4.78, 5) is 11.7. The summed E-state index contributed by atoms with van der Waals surface area (Å²) in [5.41, 5.74) is -2.61. The van der Waals surface area contributed by atoms with Crippen LogP contribution < -0.4 is 0 Å². The van der Waals surface area contributed by atoms with Gasteiger partial charge in [-0.25, -0.2) is 0 Å². The molecule has 23 heavy (non-hydrogen) atoms. The van der Waals surface area contributed by atoms with E-state index in [0.717, 1.165) is 26.2 Å². The fraction of sp³-hybridized carbons (Fsp3) is 0.938. The number of fused-ring (bicyclic) bond motifs is 2. The molecule has 7 heteroatoms. The predicted octanol–water partition coefficient (Wildman–Crippen LogP) is 4.11. The lowest BCUT2D eigenvalue weighted by Gasteiger charge is -2.34. The van der Waals surface area contributed by atoms with E-state index >= 15 is 0 Å². The minimum absolute atomic E-state index is 0.0865. The number of halogens is 4. The van der Waals surface area contributed by atoms with Crippen molar-refractivity contribution in [2.45, 2.75) is 61.7 Å². The number of hydrogen-bond acceptors (Lipinski definition) is 3. The standard InChI is InChI=1S/C16H24F3IO3/c1-3-13(20)14(21)23-8-12-6-9-4-10(12)5-11(9)7-15(2,22)16(17,18)19/h9-13,22H,3-8H2,1-2H3. The quantitative estimate of drug-likeness (QED) is 0.378. The van der Waals surface area contributed by atoms with Crippen LogP contribution in [-0.2, 0) is 9.53 Å². The third-order valence-electron chi connectivity index (χ3n) is 5.47. The summed E-state index contributed by atoms with van der Waals surface area (Å²) in [6.07, 6.45) is -1.70. The van der Waals surface area contributed by atoms with Gasteiger partial charge in [-0.05, 0) is 62.7 Å². The second kappa shape index (κ2) is 7.06. The fourth-order valence-corrected chi connectivity index (χ4v) is 4.22. The Labute approximate surface area is 148 Å². The number of aliphatic hydroxyl groups is 1. The molecule has 1 N–H and O–H groups in total. The molecule has 0 aliphatic heterocycles. The number of ether oxygens (including phenoxy) is 1. The lowest BCUT2D eigenvalue weighted by molar-refractivity contribution is -0.259. The van der Waals surface area contributed by atoms with E-state index in [1.165, 1.54) is 0 Å². The van der Waals surface area contributed by atoms with Crippen molar-refractivity contribution in [2.24, 2.45) is 23.7 Å². The smallest absolute Gasteiger partial charge is 0.416 e. The van der Waals surface area contributed by atoms with Crippen molar-refractivity contribution in [1.29, 1.82) is 0 Å². The zero-order valence-electron chi connectivity index (χ0n) is 13.4. The number of hydrogen-bond donors (Lipinski definition) is 1. The zero-order valence-corrected chi connectivity index (χ0v) is 15.6. The molecule has 6 unspecified atom stereocenters. The van der Waals surface area contributed by atoms with E-state index in [4.69, 9.17) is 4.74 Å². The van der Waals surface area contributed by atoms with Crippen molar-refractivity contribution in [3.05, 3.63) is 0 Å². The van der Waals surface area contributed by atoms with Gasteiger partial charge < -0.3 is 9.84 Å². The molecule has 0 heterocycles. The van der Waals surface area contributed by atoms with Crippen LogP contribution in [0.3, 0.4) is 0 Å². The van der Waals surface area contributed by atoms with E-state index in [0.29, 0.717) is 18.9 Å². The van der Waals surface area contributed by atoms with E-state index < -0.39 is 11.8 Å². The van der Waals surface area contributed by atoms with Gasteiger partial charge in [0, 0.05) is 0 Å². The summed E-state index contributed by atoms with van der Waals surface area (Å²) in [5, 5.41) is 9.67. The molecular formula is C16H24F3IO3. The normalized spacial score (nSPS) is 34.2. The van der Waals surface area contributed by atoms with Gasteiger partial charge in [-0.15, -0.1) is 0 Å². The van der Waals surface area contributed by atoms with Gasteiger partial charge >= 0.3 is 12.1 Å². The summed E-state index contributed by atoms with van der Waals surface area (Å²) < 4.78 is 43.7. The van der Waals surface area contributed by atoms with Crippen LogP contribution in [0.2, 0.25) is 0 Å².